The molecule has 164 valence electrons. The number of guanidine groups is 1. The maximum atomic E-state index is 6.22. The van der Waals surface area contributed by atoms with Crippen molar-refractivity contribution in [3.05, 3.63) is 40.9 Å². The molecule has 1 aliphatic rings. The summed E-state index contributed by atoms with van der Waals surface area (Å²) in [7, 11) is 1.70. The first kappa shape index (κ1) is 22.4. The van der Waals surface area contributed by atoms with Crippen LogP contribution >= 0.6 is 11.6 Å². The molecule has 30 heavy (non-hydrogen) atoms. The molecule has 1 aliphatic heterocycles. The van der Waals surface area contributed by atoms with Crippen molar-refractivity contribution in [3.63, 3.8) is 0 Å². The summed E-state index contributed by atoms with van der Waals surface area (Å²) >= 11 is 6.22. The Balaban J connectivity index is 1.59. The van der Waals surface area contributed by atoms with E-state index in [0.29, 0.717) is 13.2 Å². The van der Waals surface area contributed by atoms with Gasteiger partial charge >= 0.3 is 0 Å². The zero-order chi connectivity index (χ0) is 21.3. The fourth-order valence-electron chi connectivity index (χ4n) is 3.62. The molecule has 0 spiro atoms. The second-order valence-corrected chi connectivity index (χ2v) is 7.76. The van der Waals surface area contributed by atoms with Crippen molar-refractivity contribution in [3.8, 4) is 0 Å². The first-order chi connectivity index (χ1) is 14.6. The molecule has 2 aromatic rings. The number of anilines is 1. The fourth-order valence-corrected chi connectivity index (χ4v) is 3.79. The number of nitrogens with zero attached hydrogens (tertiary/aromatic N) is 6. The summed E-state index contributed by atoms with van der Waals surface area (Å²) in [4.78, 5) is 9.47. The Bertz CT molecular complexity index is 831. The molecule has 1 aromatic heterocycles. The number of hydrogen-bond acceptors (Lipinski definition) is 5. The fraction of sp³-hybridized carbons (Fsp3) is 0.571. The molecule has 1 fully saturated rings. The molecule has 0 atom stereocenters. The molecule has 0 radical (unpaired) electrons. The number of halogens is 1. The van der Waals surface area contributed by atoms with Crippen LogP contribution in [0.15, 0.2) is 29.5 Å². The third-order valence-electron chi connectivity index (χ3n) is 5.30. The number of piperazine rings is 1. The molecule has 0 unspecified atom stereocenters. The topological polar surface area (TPSA) is 70.8 Å². The number of methoxy groups -OCH3 is 1. The van der Waals surface area contributed by atoms with E-state index in [4.69, 9.17) is 21.3 Å². The summed E-state index contributed by atoms with van der Waals surface area (Å²) < 4.78 is 7.26. The summed E-state index contributed by atoms with van der Waals surface area (Å²) in [6, 6.07) is 6.09. The van der Waals surface area contributed by atoms with E-state index in [1.165, 1.54) is 11.3 Å². The largest absolute Gasteiger partial charge is 0.383 e. The van der Waals surface area contributed by atoms with Crippen molar-refractivity contribution in [1.82, 2.24) is 25.0 Å². The highest BCUT2D eigenvalue weighted by atomic mass is 35.5. The van der Waals surface area contributed by atoms with Crippen molar-refractivity contribution in [2.45, 2.75) is 26.8 Å². The van der Waals surface area contributed by atoms with Gasteiger partial charge in [-0.15, -0.1) is 10.2 Å². The van der Waals surface area contributed by atoms with Gasteiger partial charge < -0.3 is 24.4 Å². The van der Waals surface area contributed by atoms with Gasteiger partial charge in [-0.05, 0) is 24.6 Å². The Labute approximate surface area is 183 Å². The van der Waals surface area contributed by atoms with Crippen LogP contribution in [0.5, 0.6) is 0 Å². The van der Waals surface area contributed by atoms with Crippen LogP contribution in [-0.2, 0) is 17.7 Å². The standard InChI is InChI=1S/C21H32ClN7O/c1-4-20-26-25-16-29(20)9-7-23-21(24-8-14-30-3)28-12-10-27(11-13-28)19-15-18(22)6-5-17(19)2/h5-6,15-16H,4,7-14H2,1-3H3,(H,23,24). The highest BCUT2D eigenvalue weighted by Gasteiger charge is 2.21. The molecule has 1 saturated heterocycles. The zero-order valence-corrected chi connectivity index (χ0v) is 18.9. The van der Waals surface area contributed by atoms with Crippen molar-refractivity contribution in [2.75, 3.05) is 57.9 Å². The van der Waals surface area contributed by atoms with Gasteiger partial charge in [-0.3, -0.25) is 4.99 Å². The quantitative estimate of drug-likeness (QED) is 0.391. The van der Waals surface area contributed by atoms with Crippen LogP contribution in [-0.4, -0.2) is 78.6 Å². The number of hydrogen-bond donors (Lipinski definition) is 1. The molecular weight excluding hydrogens is 402 g/mol. The van der Waals surface area contributed by atoms with Gasteiger partial charge in [-0.2, -0.15) is 0 Å². The van der Waals surface area contributed by atoms with E-state index in [9.17, 15) is 0 Å². The van der Waals surface area contributed by atoms with Gasteiger partial charge in [0.25, 0.3) is 0 Å². The third kappa shape index (κ3) is 5.86. The molecule has 0 saturated carbocycles. The highest BCUT2D eigenvalue weighted by molar-refractivity contribution is 6.30. The summed E-state index contributed by atoms with van der Waals surface area (Å²) in [6.07, 6.45) is 2.66. The van der Waals surface area contributed by atoms with Crippen LogP contribution in [0.1, 0.15) is 18.3 Å². The lowest BCUT2D eigenvalue weighted by Crippen LogP contribution is -2.53. The maximum absolute atomic E-state index is 6.22. The van der Waals surface area contributed by atoms with Crippen molar-refractivity contribution in [1.29, 1.82) is 0 Å². The Morgan fingerprint density at radius 2 is 2.07 bits per heavy atom. The predicted octanol–water partition coefficient (Wildman–Crippen LogP) is 2.22. The Hall–Kier alpha value is -2.32. The molecule has 0 aliphatic carbocycles. The van der Waals surface area contributed by atoms with Crippen molar-refractivity contribution < 1.29 is 4.74 Å². The van der Waals surface area contributed by atoms with Gasteiger partial charge in [0, 0.05) is 63.5 Å². The molecule has 0 bridgehead atoms. The molecular formula is C21H32ClN7O. The molecule has 9 heteroatoms. The average Bonchev–Trinajstić information content (AvgIpc) is 3.22. The minimum atomic E-state index is 0.609. The van der Waals surface area contributed by atoms with Crippen molar-refractivity contribution >= 4 is 23.2 Å². The SMILES string of the molecule is CCc1nncn1CCNC(=NCCOC)N1CCN(c2cc(Cl)ccc2C)CC1. The normalized spacial score (nSPS) is 15.0. The molecule has 1 aromatic carbocycles. The first-order valence-electron chi connectivity index (χ1n) is 10.5. The predicted molar refractivity (Wildman–Crippen MR) is 122 cm³/mol. The number of ether oxygens (including phenoxy) is 1. The zero-order valence-electron chi connectivity index (χ0n) is 18.1. The number of aromatic nitrogens is 3. The van der Waals surface area contributed by atoms with E-state index >= 15 is 0 Å². The second kappa shape index (κ2) is 11.2. The van der Waals surface area contributed by atoms with Gasteiger partial charge in [0.15, 0.2) is 5.96 Å². The summed E-state index contributed by atoms with van der Waals surface area (Å²) in [5, 5.41) is 12.4. The van der Waals surface area contributed by atoms with E-state index < -0.39 is 0 Å². The smallest absolute Gasteiger partial charge is 0.194 e. The number of benzene rings is 1. The van der Waals surface area contributed by atoms with E-state index in [1.54, 1.807) is 13.4 Å². The Kier molecular flexibility index (Phi) is 8.33. The van der Waals surface area contributed by atoms with Gasteiger partial charge in [-0.1, -0.05) is 24.6 Å². The van der Waals surface area contributed by atoms with Crippen LogP contribution < -0.4 is 10.2 Å². The lowest BCUT2D eigenvalue weighted by atomic mass is 10.1. The van der Waals surface area contributed by atoms with E-state index in [0.717, 1.165) is 62.5 Å². The average molecular weight is 434 g/mol. The number of nitrogens with one attached hydrogen (secondary N) is 1. The van der Waals surface area contributed by atoms with Gasteiger partial charge in [0.05, 0.1) is 13.2 Å². The van der Waals surface area contributed by atoms with E-state index in [2.05, 4.69) is 55.9 Å². The first-order valence-corrected chi connectivity index (χ1v) is 10.9. The molecule has 1 N–H and O–H groups in total. The lowest BCUT2D eigenvalue weighted by molar-refractivity contribution is 0.207. The molecule has 2 heterocycles. The maximum Gasteiger partial charge on any atom is 0.194 e. The van der Waals surface area contributed by atoms with Gasteiger partial charge in [0.1, 0.15) is 12.2 Å². The van der Waals surface area contributed by atoms with Crippen molar-refractivity contribution in [2.24, 2.45) is 4.99 Å². The Morgan fingerprint density at radius 1 is 1.27 bits per heavy atom. The summed E-state index contributed by atoms with van der Waals surface area (Å²) in [5.74, 6) is 1.93. The highest BCUT2D eigenvalue weighted by Crippen LogP contribution is 2.25. The second-order valence-electron chi connectivity index (χ2n) is 7.32. The number of aliphatic imine (C=N–C) groups is 1. The summed E-state index contributed by atoms with van der Waals surface area (Å²) in [5.41, 5.74) is 2.47. The van der Waals surface area contributed by atoms with Crippen LogP contribution in [0.4, 0.5) is 5.69 Å². The third-order valence-corrected chi connectivity index (χ3v) is 5.53. The van der Waals surface area contributed by atoms with Crippen LogP contribution in [0.25, 0.3) is 0 Å². The van der Waals surface area contributed by atoms with E-state index in [1.807, 2.05) is 6.07 Å². The lowest BCUT2D eigenvalue weighted by Gasteiger charge is -2.38. The minimum absolute atomic E-state index is 0.609. The number of rotatable bonds is 8. The van der Waals surface area contributed by atoms with E-state index in [-0.39, 0.29) is 0 Å². The Morgan fingerprint density at radius 3 is 2.80 bits per heavy atom. The van der Waals surface area contributed by atoms with Gasteiger partial charge in [-0.25, -0.2) is 0 Å². The van der Waals surface area contributed by atoms with Gasteiger partial charge in [0.2, 0.25) is 0 Å². The molecule has 3 rings (SSSR count). The minimum Gasteiger partial charge on any atom is -0.383 e. The van der Waals surface area contributed by atoms with Crippen LogP contribution in [0, 0.1) is 6.92 Å². The number of aryl methyl sites for hydroxylation is 2. The van der Waals surface area contributed by atoms with Crippen LogP contribution in [0.2, 0.25) is 5.02 Å². The monoisotopic (exact) mass is 433 g/mol. The molecule has 8 nitrogen and oxygen atoms in total. The molecule has 0 amide bonds. The summed E-state index contributed by atoms with van der Waals surface area (Å²) in [6.45, 7) is 10.7. The van der Waals surface area contributed by atoms with Crippen LogP contribution in [0.3, 0.4) is 0 Å².